The van der Waals surface area contributed by atoms with Crippen LogP contribution in [0.3, 0.4) is 0 Å². The zero-order chi connectivity index (χ0) is 24.1. The van der Waals surface area contributed by atoms with Crippen LogP contribution in [0, 0.1) is 0 Å². The molecule has 3 aromatic carbocycles. The molecule has 8 heteroatoms. The third kappa shape index (κ3) is 4.91. The quantitative estimate of drug-likeness (QED) is 0.353. The molecule has 0 radical (unpaired) electrons. The summed E-state index contributed by atoms with van der Waals surface area (Å²) in [6.45, 7) is 1.44. The van der Waals surface area contributed by atoms with Crippen molar-refractivity contribution in [1.29, 1.82) is 0 Å². The maximum absolute atomic E-state index is 12.3. The fourth-order valence-corrected chi connectivity index (χ4v) is 3.44. The molecule has 0 unspecified atom stereocenters. The van der Waals surface area contributed by atoms with Crippen LogP contribution in [0.25, 0.3) is 21.9 Å². The number of rotatable bonds is 8. The van der Waals surface area contributed by atoms with E-state index < -0.39 is 18.4 Å². The summed E-state index contributed by atoms with van der Waals surface area (Å²) in [4.78, 5) is 27.2. The van der Waals surface area contributed by atoms with Crippen molar-refractivity contribution in [2.75, 3.05) is 13.2 Å². The highest BCUT2D eigenvalue weighted by molar-refractivity contribution is 6.04. The number of aliphatic carboxylic acids is 1. The molecule has 1 heterocycles. The van der Waals surface area contributed by atoms with E-state index >= 15 is 0 Å². The predicted octanol–water partition coefficient (Wildman–Crippen LogP) is 4.61. The number of pyridine rings is 1. The molecule has 0 aliphatic carbocycles. The average molecular weight is 458 g/mol. The van der Waals surface area contributed by atoms with Crippen LogP contribution in [0.4, 0.5) is 0 Å². The zero-order valence-corrected chi connectivity index (χ0v) is 18.3. The van der Waals surface area contributed by atoms with Crippen molar-refractivity contribution in [2.45, 2.75) is 6.92 Å². The van der Waals surface area contributed by atoms with Gasteiger partial charge in [0, 0.05) is 5.39 Å². The first-order chi connectivity index (χ1) is 16.5. The number of aromatic hydroxyl groups is 1. The molecular formula is C26H22N2O6. The van der Waals surface area contributed by atoms with E-state index in [9.17, 15) is 14.7 Å². The summed E-state index contributed by atoms with van der Waals surface area (Å²) < 4.78 is 11.6. The molecule has 34 heavy (non-hydrogen) atoms. The van der Waals surface area contributed by atoms with E-state index in [2.05, 4.69) is 10.3 Å². The standard InChI is InChI=1S/C26H22N2O6/c1-2-33-26-21-14-19(34-18-10-8-17(9-11-18)16-6-4-3-5-7-16)12-13-20(21)24(31)23(28-26)25(32)27-15-22(29)30/h3-14,31H,2,15H2,1H3,(H,27,32)(H,29,30). The number of hydrogen-bond acceptors (Lipinski definition) is 6. The second-order valence-corrected chi connectivity index (χ2v) is 7.32. The minimum atomic E-state index is -1.21. The lowest BCUT2D eigenvalue weighted by Gasteiger charge is -2.13. The summed E-state index contributed by atoms with van der Waals surface area (Å²) in [6.07, 6.45) is 0. The Morgan fingerprint density at radius 1 is 0.912 bits per heavy atom. The first kappa shape index (κ1) is 22.6. The van der Waals surface area contributed by atoms with Crippen LogP contribution in [0.2, 0.25) is 0 Å². The maximum atomic E-state index is 12.3. The SMILES string of the molecule is CCOc1nc(C(=O)NCC(=O)O)c(O)c2ccc(Oc3ccc(-c4ccccc4)cc3)cc12. The molecule has 0 aliphatic rings. The van der Waals surface area contributed by atoms with Gasteiger partial charge in [0.05, 0.1) is 12.0 Å². The number of hydrogen-bond donors (Lipinski definition) is 3. The van der Waals surface area contributed by atoms with Crippen LogP contribution in [0.15, 0.2) is 72.8 Å². The Morgan fingerprint density at radius 3 is 2.26 bits per heavy atom. The molecule has 1 aromatic heterocycles. The lowest BCUT2D eigenvalue weighted by Crippen LogP contribution is -2.30. The van der Waals surface area contributed by atoms with Gasteiger partial charge in [-0.25, -0.2) is 4.98 Å². The fourth-order valence-electron chi connectivity index (χ4n) is 3.44. The number of nitrogens with one attached hydrogen (secondary N) is 1. The van der Waals surface area contributed by atoms with Gasteiger partial charge in [-0.3, -0.25) is 9.59 Å². The van der Waals surface area contributed by atoms with E-state index in [0.29, 0.717) is 22.3 Å². The van der Waals surface area contributed by atoms with Crippen molar-refractivity contribution >= 4 is 22.6 Å². The monoisotopic (exact) mass is 458 g/mol. The van der Waals surface area contributed by atoms with Crippen LogP contribution in [-0.4, -0.2) is 40.2 Å². The van der Waals surface area contributed by atoms with Crippen molar-refractivity contribution in [3.05, 3.63) is 78.5 Å². The van der Waals surface area contributed by atoms with Crippen LogP contribution < -0.4 is 14.8 Å². The topological polar surface area (TPSA) is 118 Å². The van der Waals surface area contributed by atoms with E-state index in [-0.39, 0.29) is 23.9 Å². The van der Waals surface area contributed by atoms with Crippen molar-refractivity contribution in [3.8, 4) is 34.3 Å². The van der Waals surface area contributed by atoms with Crippen molar-refractivity contribution in [2.24, 2.45) is 0 Å². The summed E-state index contributed by atoms with van der Waals surface area (Å²) >= 11 is 0. The lowest BCUT2D eigenvalue weighted by molar-refractivity contribution is -0.135. The number of carbonyl (C=O) groups is 2. The Bertz CT molecular complexity index is 1340. The smallest absolute Gasteiger partial charge is 0.322 e. The van der Waals surface area contributed by atoms with Gasteiger partial charge in [-0.05, 0) is 48.4 Å². The van der Waals surface area contributed by atoms with E-state index in [1.807, 2.05) is 54.6 Å². The summed E-state index contributed by atoms with van der Waals surface area (Å²) in [5.41, 5.74) is 1.85. The Labute approximate surface area is 195 Å². The van der Waals surface area contributed by atoms with Gasteiger partial charge in [0.25, 0.3) is 5.91 Å². The predicted molar refractivity (Wildman–Crippen MR) is 126 cm³/mol. The van der Waals surface area contributed by atoms with Gasteiger partial charge in [0.15, 0.2) is 11.4 Å². The first-order valence-electron chi connectivity index (χ1n) is 10.6. The van der Waals surface area contributed by atoms with Gasteiger partial charge in [0.2, 0.25) is 5.88 Å². The van der Waals surface area contributed by atoms with Gasteiger partial charge in [-0.2, -0.15) is 0 Å². The second-order valence-electron chi connectivity index (χ2n) is 7.32. The number of carboxylic acids is 1. The molecule has 0 spiro atoms. The molecule has 4 aromatic rings. The molecular weight excluding hydrogens is 436 g/mol. The minimum absolute atomic E-state index is 0.126. The summed E-state index contributed by atoms with van der Waals surface area (Å²) in [5, 5.41) is 22.4. The van der Waals surface area contributed by atoms with Crippen molar-refractivity contribution in [3.63, 3.8) is 0 Å². The number of fused-ring (bicyclic) bond motifs is 1. The second kappa shape index (κ2) is 9.91. The highest BCUT2D eigenvalue weighted by atomic mass is 16.5. The molecule has 0 atom stereocenters. The number of carboxylic acid groups (broad SMARTS) is 1. The van der Waals surface area contributed by atoms with E-state index in [1.165, 1.54) is 0 Å². The summed E-state index contributed by atoms with van der Waals surface area (Å²) in [6, 6.07) is 22.6. The third-order valence-electron chi connectivity index (χ3n) is 5.01. The van der Waals surface area contributed by atoms with Crippen LogP contribution in [-0.2, 0) is 4.79 Å². The molecule has 4 rings (SSSR count). The Balaban J connectivity index is 1.64. The number of nitrogens with zero attached hydrogens (tertiary/aromatic N) is 1. The number of ether oxygens (including phenoxy) is 2. The highest BCUT2D eigenvalue weighted by Gasteiger charge is 2.21. The molecule has 0 saturated heterocycles. The van der Waals surface area contributed by atoms with Crippen molar-refractivity contribution in [1.82, 2.24) is 10.3 Å². The Kier molecular flexibility index (Phi) is 6.59. The van der Waals surface area contributed by atoms with Crippen LogP contribution in [0.5, 0.6) is 23.1 Å². The molecule has 0 fully saturated rings. The van der Waals surface area contributed by atoms with Crippen LogP contribution in [0.1, 0.15) is 17.4 Å². The molecule has 0 bridgehead atoms. The minimum Gasteiger partial charge on any atom is -0.505 e. The largest absolute Gasteiger partial charge is 0.505 e. The van der Waals surface area contributed by atoms with Gasteiger partial charge >= 0.3 is 5.97 Å². The number of carbonyl (C=O) groups excluding carboxylic acids is 1. The number of amides is 1. The van der Waals surface area contributed by atoms with E-state index in [4.69, 9.17) is 14.6 Å². The first-order valence-corrected chi connectivity index (χ1v) is 10.6. The van der Waals surface area contributed by atoms with Gasteiger partial charge in [0.1, 0.15) is 18.0 Å². The zero-order valence-electron chi connectivity index (χ0n) is 18.3. The highest BCUT2D eigenvalue weighted by Crippen LogP contribution is 2.37. The summed E-state index contributed by atoms with van der Waals surface area (Å²) in [7, 11) is 0. The molecule has 0 saturated carbocycles. The normalized spacial score (nSPS) is 10.6. The fraction of sp³-hybridized carbons (Fsp3) is 0.115. The number of aromatic nitrogens is 1. The Hall–Kier alpha value is -4.59. The summed E-state index contributed by atoms with van der Waals surface area (Å²) in [5.74, 6) is -1.16. The van der Waals surface area contributed by atoms with E-state index in [1.54, 1.807) is 25.1 Å². The average Bonchev–Trinajstić information content (AvgIpc) is 2.85. The molecule has 3 N–H and O–H groups in total. The van der Waals surface area contributed by atoms with Gasteiger partial charge < -0.3 is 25.0 Å². The molecule has 8 nitrogen and oxygen atoms in total. The molecule has 172 valence electrons. The molecule has 0 aliphatic heterocycles. The van der Waals surface area contributed by atoms with Crippen LogP contribution >= 0.6 is 0 Å². The van der Waals surface area contributed by atoms with E-state index in [0.717, 1.165) is 11.1 Å². The molecule has 1 amide bonds. The van der Waals surface area contributed by atoms with Gasteiger partial charge in [-0.15, -0.1) is 0 Å². The lowest BCUT2D eigenvalue weighted by atomic mass is 10.1. The maximum Gasteiger partial charge on any atom is 0.322 e. The third-order valence-corrected chi connectivity index (χ3v) is 5.01. The van der Waals surface area contributed by atoms with Crippen molar-refractivity contribution < 1.29 is 29.3 Å². The van der Waals surface area contributed by atoms with Gasteiger partial charge in [-0.1, -0.05) is 42.5 Å². The Morgan fingerprint density at radius 2 is 1.59 bits per heavy atom. The number of benzene rings is 3.